The summed E-state index contributed by atoms with van der Waals surface area (Å²) in [5.41, 5.74) is 2.64. The Labute approximate surface area is 208 Å². The second-order valence-corrected chi connectivity index (χ2v) is 10.1. The zero-order chi connectivity index (χ0) is 24.3. The fourth-order valence-corrected chi connectivity index (χ4v) is 6.63. The summed E-state index contributed by atoms with van der Waals surface area (Å²) in [6.07, 6.45) is 1.17. The van der Waals surface area contributed by atoms with Crippen LogP contribution in [0.5, 0.6) is 5.75 Å². The first kappa shape index (κ1) is 22.6. The van der Waals surface area contributed by atoms with Gasteiger partial charge in [-0.15, -0.1) is 11.8 Å². The van der Waals surface area contributed by atoms with Gasteiger partial charge in [-0.2, -0.15) is 0 Å². The van der Waals surface area contributed by atoms with E-state index in [2.05, 4.69) is 26.6 Å². The Hall–Kier alpha value is -2.87. The predicted octanol–water partition coefficient (Wildman–Crippen LogP) is 3.69. The molecule has 0 radical (unpaired) electrons. The Bertz CT molecular complexity index is 1400. The van der Waals surface area contributed by atoms with Crippen molar-refractivity contribution in [2.45, 2.75) is 35.8 Å². The Morgan fingerprint density at radius 2 is 1.94 bits per heavy atom. The van der Waals surface area contributed by atoms with Crippen molar-refractivity contribution in [1.29, 1.82) is 0 Å². The number of rotatable bonds is 2. The molecule has 3 aliphatic heterocycles. The predicted molar refractivity (Wildman–Crippen MR) is 134 cm³/mol. The smallest absolute Gasteiger partial charge is 0.278 e. The molecule has 1 amide bonds. The maximum absolute atomic E-state index is 14.3. The van der Waals surface area contributed by atoms with Gasteiger partial charge in [0.25, 0.3) is 5.91 Å². The van der Waals surface area contributed by atoms with Crippen LogP contribution in [-0.2, 0) is 10.5 Å². The van der Waals surface area contributed by atoms with Crippen molar-refractivity contribution >= 4 is 27.1 Å². The van der Waals surface area contributed by atoms with Crippen LogP contribution >= 0.6 is 21.2 Å². The molecule has 3 aromatic rings. The van der Waals surface area contributed by atoms with Crippen LogP contribution in [0.3, 0.4) is 0 Å². The number of hydrogen-bond donors (Lipinski definition) is 0. The van der Waals surface area contributed by atoms with E-state index in [1.165, 1.54) is 12.1 Å². The molecule has 3 aliphatic rings. The number of amides is 1. The molecule has 4 atom stereocenters. The van der Waals surface area contributed by atoms with Crippen molar-refractivity contribution in [2.24, 2.45) is 0 Å². The Balaban J connectivity index is 1.67. The number of carbonyl (C=O) groups is 1. The molecule has 6 rings (SSSR count). The van der Waals surface area contributed by atoms with E-state index in [1.54, 1.807) is 33.6 Å². The van der Waals surface area contributed by atoms with Gasteiger partial charge in [-0.25, -0.2) is 4.39 Å². The molecule has 0 aliphatic carbocycles. The van der Waals surface area contributed by atoms with E-state index in [1.807, 2.05) is 25.1 Å². The molecule has 1 saturated heterocycles. The molecular formula is C25H23FN3O4PS. The van der Waals surface area contributed by atoms with Crippen molar-refractivity contribution in [3.05, 3.63) is 93.2 Å². The number of ether oxygens (including phenoxy) is 1. The second kappa shape index (κ2) is 8.66. The highest BCUT2D eigenvalue weighted by Gasteiger charge is 2.48. The Kier molecular flexibility index (Phi) is 5.59. The minimum absolute atomic E-state index is 0.0275. The van der Waals surface area contributed by atoms with Crippen molar-refractivity contribution in [3.8, 4) is 5.75 Å². The molecule has 7 nitrogen and oxygen atoms in total. The lowest BCUT2D eigenvalue weighted by Gasteiger charge is -2.53. The van der Waals surface area contributed by atoms with Gasteiger partial charge in [-0.3, -0.25) is 19.3 Å². The zero-order valence-electron chi connectivity index (χ0n) is 18.9. The monoisotopic (exact) mass is 511 g/mol. The van der Waals surface area contributed by atoms with E-state index in [0.29, 0.717) is 19.0 Å². The Morgan fingerprint density at radius 1 is 1.11 bits per heavy atom. The molecule has 0 spiro atoms. The number of fused-ring (bicyclic) bond motifs is 4. The zero-order valence-corrected chi connectivity index (χ0v) is 20.9. The molecule has 4 heterocycles. The summed E-state index contributed by atoms with van der Waals surface area (Å²) in [5, 5.41) is 2.07. The topological polar surface area (TPSA) is 64.0 Å². The van der Waals surface area contributed by atoms with Gasteiger partial charge in [0.2, 0.25) is 11.2 Å². The van der Waals surface area contributed by atoms with E-state index in [0.717, 1.165) is 21.6 Å². The number of pyridine rings is 1. The molecule has 2 aromatic carbocycles. The molecule has 1 aromatic heterocycles. The van der Waals surface area contributed by atoms with E-state index < -0.39 is 6.17 Å². The van der Waals surface area contributed by atoms with Crippen LogP contribution in [0.4, 0.5) is 4.39 Å². The normalized spacial score (nSPS) is 23.1. The highest BCUT2D eigenvalue weighted by molar-refractivity contribution is 7.98. The van der Waals surface area contributed by atoms with Gasteiger partial charge in [0, 0.05) is 22.9 Å². The van der Waals surface area contributed by atoms with Gasteiger partial charge in [0.15, 0.2) is 5.69 Å². The fourth-order valence-electron chi connectivity index (χ4n) is 5.32. The summed E-state index contributed by atoms with van der Waals surface area (Å²) in [5.74, 6) is 0.0148. The number of carbonyl (C=O) groups excluding carboxylic acids is 1. The number of nitrogens with zero attached hydrogens (tertiary/aromatic N) is 3. The lowest BCUT2D eigenvalue weighted by atomic mass is 9.93. The molecule has 1 fully saturated rings. The summed E-state index contributed by atoms with van der Waals surface area (Å²) in [6, 6.07) is 13.8. The van der Waals surface area contributed by atoms with Crippen LogP contribution in [0.2, 0.25) is 0 Å². The highest BCUT2D eigenvalue weighted by atomic mass is 32.2. The van der Waals surface area contributed by atoms with Gasteiger partial charge in [-0.05, 0) is 41.8 Å². The summed E-state index contributed by atoms with van der Waals surface area (Å²) in [4.78, 5) is 29.3. The first-order chi connectivity index (χ1) is 17.0. The van der Waals surface area contributed by atoms with Gasteiger partial charge in [0.05, 0.1) is 34.8 Å². The third kappa shape index (κ3) is 3.48. The maximum atomic E-state index is 14.3. The molecule has 180 valence electrons. The van der Waals surface area contributed by atoms with Gasteiger partial charge < -0.3 is 14.2 Å². The third-order valence-electron chi connectivity index (χ3n) is 6.83. The first-order valence-corrected chi connectivity index (χ1v) is 12.8. The van der Waals surface area contributed by atoms with Gasteiger partial charge in [-0.1, -0.05) is 24.3 Å². The van der Waals surface area contributed by atoms with Crippen LogP contribution in [-0.4, -0.2) is 40.9 Å². The molecule has 0 saturated carbocycles. The molecular weight excluding hydrogens is 488 g/mol. The van der Waals surface area contributed by atoms with Crippen LogP contribution < -0.4 is 15.0 Å². The minimum atomic E-state index is -0.447. The third-order valence-corrected chi connectivity index (χ3v) is 8.20. The van der Waals surface area contributed by atoms with Crippen LogP contribution in [0.1, 0.15) is 40.1 Å². The minimum Gasteiger partial charge on any atom is -0.474 e. The largest absolute Gasteiger partial charge is 0.474 e. The number of hydrogen-bond acceptors (Lipinski definition) is 6. The van der Waals surface area contributed by atoms with Crippen molar-refractivity contribution in [3.63, 3.8) is 0 Å². The average molecular weight is 512 g/mol. The fraction of sp³-hybridized carbons (Fsp3) is 0.280. The Morgan fingerprint density at radius 3 is 2.77 bits per heavy atom. The van der Waals surface area contributed by atoms with E-state index in [-0.39, 0.29) is 40.7 Å². The number of benzene rings is 2. The summed E-state index contributed by atoms with van der Waals surface area (Å²) in [7, 11) is 2.08. The molecule has 35 heavy (non-hydrogen) atoms. The summed E-state index contributed by atoms with van der Waals surface area (Å²) in [6.45, 7) is 2.62. The summed E-state index contributed by atoms with van der Waals surface area (Å²) < 4.78 is 27.3. The maximum Gasteiger partial charge on any atom is 0.278 e. The molecule has 0 bridgehead atoms. The molecule has 2 unspecified atom stereocenters. The van der Waals surface area contributed by atoms with Crippen LogP contribution in [0, 0.1) is 5.82 Å². The lowest BCUT2D eigenvalue weighted by molar-refractivity contribution is -0.0467. The van der Waals surface area contributed by atoms with Crippen molar-refractivity contribution < 1.29 is 18.4 Å². The van der Waals surface area contributed by atoms with E-state index >= 15 is 0 Å². The van der Waals surface area contributed by atoms with Crippen LogP contribution in [0.15, 0.2) is 64.4 Å². The number of morpholine rings is 1. The molecule has 10 heteroatoms. The van der Waals surface area contributed by atoms with Crippen molar-refractivity contribution in [2.75, 3.05) is 18.2 Å². The SMILES string of the molecule is C[C@H]1COC[C@@H]2N1C(=O)c1c(OP)c(=O)ccn1N2C1c2ccc(F)cc2CSc2ccccc21. The van der Waals surface area contributed by atoms with Gasteiger partial charge in [0.1, 0.15) is 12.0 Å². The standard InChI is InChI=1S/C25H23FN3O4PS/c1-14-11-32-12-21-28(14)25(31)23-24(33-34)19(30)8-9-27(23)29(21)22-17-7-6-16(26)10-15(17)13-35-20-5-3-2-4-18(20)22/h2-10,14,21-22H,11-13,34H2,1H3/t14-,21+,22?/m0/s1. The lowest BCUT2D eigenvalue weighted by Crippen LogP contribution is -2.68. The average Bonchev–Trinajstić information content (AvgIpc) is 3.01. The van der Waals surface area contributed by atoms with Crippen LogP contribution in [0.25, 0.3) is 0 Å². The van der Waals surface area contributed by atoms with Crippen molar-refractivity contribution in [1.82, 2.24) is 9.58 Å². The van der Waals surface area contributed by atoms with Gasteiger partial charge >= 0.3 is 0 Å². The second-order valence-electron chi connectivity index (χ2n) is 8.85. The highest BCUT2D eigenvalue weighted by Crippen LogP contribution is 2.44. The molecule has 0 N–H and O–H groups in total. The van der Waals surface area contributed by atoms with E-state index in [4.69, 9.17) is 9.26 Å². The number of thioether (sulfide) groups is 1. The number of aromatic nitrogens is 1. The first-order valence-electron chi connectivity index (χ1n) is 11.3. The summed E-state index contributed by atoms with van der Waals surface area (Å²) >= 11 is 1.66. The van der Waals surface area contributed by atoms with E-state index in [9.17, 15) is 14.0 Å². The number of halogens is 1. The quantitative estimate of drug-likeness (QED) is 0.489.